The number of esters is 1. The molecule has 0 saturated heterocycles. The molecule has 0 unspecified atom stereocenters. The Morgan fingerprint density at radius 1 is 1.03 bits per heavy atom. The van der Waals surface area contributed by atoms with Crippen LogP contribution >= 0.6 is 0 Å². The van der Waals surface area contributed by atoms with Crippen molar-refractivity contribution in [2.75, 3.05) is 26.6 Å². The number of nitrogens with one attached hydrogen (secondary N) is 1. The highest BCUT2D eigenvalue weighted by atomic mass is 16.5. The van der Waals surface area contributed by atoms with Crippen LogP contribution in [0.3, 0.4) is 0 Å². The number of ether oxygens (including phenoxy) is 3. The zero-order valence-electron chi connectivity index (χ0n) is 16.5. The minimum atomic E-state index is -0.511. The third-order valence-corrected chi connectivity index (χ3v) is 4.25. The van der Waals surface area contributed by atoms with E-state index in [1.54, 1.807) is 48.3 Å². The Labute approximate surface area is 171 Å². The molecule has 10 nitrogen and oxygen atoms in total. The number of pyridine rings is 2. The summed E-state index contributed by atoms with van der Waals surface area (Å²) in [4.78, 5) is 24.6. The molecule has 4 rings (SSSR count). The highest BCUT2D eigenvalue weighted by Crippen LogP contribution is 2.29. The summed E-state index contributed by atoms with van der Waals surface area (Å²) in [5, 5.41) is 7.65. The Balaban J connectivity index is 1.62. The Kier molecular flexibility index (Phi) is 5.12. The third-order valence-electron chi connectivity index (χ3n) is 4.25. The van der Waals surface area contributed by atoms with Crippen LogP contribution in [0.25, 0.3) is 16.9 Å². The van der Waals surface area contributed by atoms with Crippen molar-refractivity contribution in [1.82, 2.24) is 24.6 Å². The molecule has 1 N–H and O–H groups in total. The van der Waals surface area contributed by atoms with Crippen LogP contribution in [0.2, 0.25) is 0 Å². The van der Waals surface area contributed by atoms with Crippen LogP contribution in [0, 0.1) is 0 Å². The second-order valence-corrected chi connectivity index (χ2v) is 6.11. The van der Waals surface area contributed by atoms with Gasteiger partial charge in [0.15, 0.2) is 22.9 Å². The van der Waals surface area contributed by atoms with E-state index < -0.39 is 5.97 Å². The van der Waals surface area contributed by atoms with Crippen LogP contribution in [0.4, 0.5) is 11.6 Å². The summed E-state index contributed by atoms with van der Waals surface area (Å²) in [6.07, 6.45) is 3.38. The van der Waals surface area contributed by atoms with Crippen molar-refractivity contribution in [3.05, 3.63) is 54.5 Å². The van der Waals surface area contributed by atoms with Crippen molar-refractivity contribution in [2.45, 2.75) is 0 Å². The molecule has 0 aliphatic heterocycles. The number of hydrogen-bond donors (Lipinski definition) is 1. The summed E-state index contributed by atoms with van der Waals surface area (Å²) in [5.41, 5.74) is 2.29. The lowest BCUT2D eigenvalue weighted by molar-refractivity contribution is 0.0594. The van der Waals surface area contributed by atoms with Gasteiger partial charge in [-0.3, -0.25) is 0 Å². The van der Waals surface area contributed by atoms with Gasteiger partial charge in [-0.15, -0.1) is 0 Å². The first-order chi connectivity index (χ1) is 14.6. The van der Waals surface area contributed by atoms with Gasteiger partial charge in [-0.05, 0) is 30.3 Å². The fraction of sp³-hybridized carbons (Fsp3) is 0.150. The minimum Gasteiger partial charge on any atom is -0.491 e. The van der Waals surface area contributed by atoms with E-state index in [0.29, 0.717) is 34.6 Å². The standard InChI is InChI=1S/C20H18N6O4/c1-28-15-9-12(10-21-19(15)29-2)13-7-8-18-24-17(11-26(18)25-13)23-16-6-4-5-14(22-16)20(27)30-3/h4-11H,1-3H3,(H,22,23). The van der Waals surface area contributed by atoms with E-state index in [1.807, 2.05) is 12.1 Å². The number of carbonyl (C=O) groups excluding carboxylic acids is 1. The van der Waals surface area contributed by atoms with Crippen molar-refractivity contribution in [3.63, 3.8) is 0 Å². The van der Waals surface area contributed by atoms with Crippen LogP contribution in [0.5, 0.6) is 11.6 Å². The Hall–Kier alpha value is -4.21. The molecule has 4 aromatic rings. The number of aromatic nitrogens is 5. The number of anilines is 2. The van der Waals surface area contributed by atoms with E-state index >= 15 is 0 Å². The van der Waals surface area contributed by atoms with Crippen molar-refractivity contribution in [1.29, 1.82) is 0 Å². The number of carbonyl (C=O) groups is 1. The molecule has 0 amide bonds. The van der Waals surface area contributed by atoms with Crippen LogP contribution in [0.1, 0.15) is 10.5 Å². The number of methoxy groups -OCH3 is 3. The minimum absolute atomic E-state index is 0.202. The van der Waals surface area contributed by atoms with Gasteiger partial charge in [-0.2, -0.15) is 5.10 Å². The van der Waals surface area contributed by atoms with Gasteiger partial charge < -0.3 is 19.5 Å². The van der Waals surface area contributed by atoms with Crippen molar-refractivity contribution >= 4 is 23.3 Å². The Bertz CT molecular complexity index is 1220. The second-order valence-electron chi connectivity index (χ2n) is 6.11. The van der Waals surface area contributed by atoms with Gasteiger partial charge in [0.1, 0.15) is 5.82 Å². The average molecular weight is 406 g/mol. The van der Waals surface area contributed by atoms with Crippen LogP contribution in [-0.2, 0) is 4.74 Å². The molecule has 0 saturated carbocycles. The van der Waals surface area contributed by atoms with Crippen LogP contribution < -0.4 is 14.8 Å². The summed E-state index contributed by atoms with van der Waals surface area (Å²) in [6.45, 7) is 0. The van der Waals surface area contributed by atoms with Gasteiger partial charge in [0.05, 0.1) is 33.2 Å². The van der Waals surface area contributed by atoms with Gasteiger partial charge in [0, 0.05) is 11.8 Å². The van der Waals surface area contributed by atoms with Gasteiger partial charge in [0.25, 0.3) is 5.88 Å². The van der Waals surface area contributed by atoms with E-state index in [-0.39, 0.29) is 5.69 Å². The SMILES string of the molecule is COC(=O)c1cccc(Nc2cn3nc(-c4cnc(OC)c(OC)c4)ccc3n2)n1. The van der Waals surface area contributed by atoms with E-state index in [1.165, 1.54) is 14.2 Å². The molecule has 0 bridgehead atoms. The first-order valence-electron chi connectivity index (χ1n) is 8.88. The fourth-order valence-corrected chi connectivity index (χ4v) is 2.82. The smallest absolute Gasteiger partial charge is 0.356 e. The lowest BCUT2D eigenvalue weighted by atomic mass is 10.2. The molecule has 0 aromatic carbocycles. The highest BCUT2D eigenvalue weighted by Gasteiger charge is 2.12. The first kappa shape index (κ1) is 19.1. The van der Waals surface area contributed by atoms with E-state index in [2.05, 4.69) is 25.4 Å². The van der Waals surface area contributed by atoms with E-state index in [9.17, 15) is 4.79 Å². The largest absolute Gasteiger partial charge is 0.491 e. The summed E-state index contributed by atoms with van der Waals surface area (Å²) in [6, 6.07) is 10.5. The number of nitrogens with zero attached hydrogens (tertiary/aromatic N) is 5. The van der Waals surface area contributed by atoms with Crippen LogP contribution in [0.15, 0.2) is 48.8 Å². The Morgan fingerprint density at radius 3 is 2.67 bits per heavy atom. The van der Waals surface area contributed by atoms with E-state index in [0.717, 1.165) is 5.56 Å². The maximum absolute atomic E-state index is 11.7. The summed E-state index contributed by atoms with van der Waals surface area (Å²) in [7, 11) is 4.39. The molecule has 0 aliphatic rings. The molecule has 0 radical (unpaired) electrons. The quantitative estimate of drug-likeness (QED) is 0.483. The normalized spacial score (nSPS) is 10.6. The molecular weight excluding hydrogens is 388 g/mol. The zero-order chi connectivity index (χ0) is 21.1. The highest BCUT2D eigenvalue weighted by molar-refractivity contribution is 5.87. The van der Waals surface area contributed by atoms with Crippen LogP contribution in [-0.4, -0.2) is 51.9 Å². The first-order valence-corrected chi connectivity index (χ1v) is 8.88. The molecule has 0 atom stereocenters. The van der Waals surface area contributed by atoms with Gasteiger partial charge >= 0.3 is 5.97 Å². The third kappa shape index (κ3) is 3.70. The number of fused-ring (bicyclic) bond motifs is 1. The van der Waals surface area contributed by atoms with Crippen molar-refractivity contribution in [3.8, 4) is 22.9 Å². The molecule has 10 heteroatoms. The van der Waals surface area contributed by atoms with E-state index in [4.69, 9.17) is 14.2 Å². The molecule has 152 valence electrons. The van der Waals surface area contributed by atoms with Gasteiger partial charge in [-0.1, -0.05) is 6.07 Å². The predicted molar refractivity (Wildman–Crippen MR) is 108 cm³/mol. The predicted octanol–water partition coefficient (Wildman–Crippen LogP) is 2.73. The number of imidazole rings is 1. The summed E-state index contributed by atoms with van der Waals surface area (Å²) < 4.78 is 16.8. The number of rotatable bonds is 6. The Morgan fingerprint density at radius 2 is 1.90 bits per heavy atom. The second kappa shape index (κ2) is 8.03. The van der Waals surface area contributed by atoms with Crippen molar-refractivity contribution in [2.24, 2.45) is 0 Å². The monoisotopic (exact) mass is 406 g/mol. The molecular formula is C20H18N6O4. The summed E-state index contributed by atoms with van der Waals surface area (Å²) >= 11 is 0. The molecule has 0 spiro atoms. The molecule has 0 aliphatic carbocycles. The maximum atomic E-state index is 11.7. The molecule has 4 heterocycles. The number of hydrogen-bond acceptors (Lipinski definition) is 9. The summed E-state index contributed by atoms with van der Waals surface area (Å²) in [5.74, 6) is 1.40. The zero-order valence-corrected chi connectivity index (χ0v) is 16.5. The van der Waals surface area contributed by atoms with Crippen molar-refractivity contribution < 1.29 is 19.0 Å². The molecule has 0 fully saturated rings. The van der Waals surface area contributed by atoms with Gasteiger partial charge in [0.2, 0.25) is 0 Å². The topological polar surface area (TPSA) is 113 Å². The average Bonchev–Trinajstić information content (AvgIpc) is 3.19. The molecule has 30 heavy (non-hydrogen) atoms. The lowest BCUT2D eigenvalue weighted by Gasteiger charge is -2.08. The lowest BCUT2D eigenvalue weighted by Crippen LogP contribution is -2.05. The van der Waals surface area contributed by atoms with Gasteiger partial charge in [-0.25, -0.2) is 24.3 Å². The fourth-order valence-electron chi connectivity index (χ4n) is 2.82. The maximum Gasteiger partial charge on any atom is 0.356 e. The molecule has 4 aromatic heterocycles.